The molecule has 15 rings (SSSR count). The molecule has 4 aromatic heterocycles. The van der Waals surface area contributed by atoms with Gasteiger partial charge in [0.25, 0.3) is 0 Å². The van der Waals surface area contributed by atoms with Crippen molar-refractivity contribution in [2.75, 3.05) is 9.80 Å². The van der Waals surface area contributed by atoms with Crippen molar-refractivity contribution < 1.29 is 0 Å². The highest BCUT2D eigenvalue weighted by Crippen LogP contribution is 2.56. The summed E-state index contributed by atoms with van der Waals surface area (Å²) in [4.78, 5) is 4.88. The van der Waals surface area contributed by atoms with Crippen molar-refractivity contribution in [3.8, 4) is 22.3 Å². The molecule has 4 heteroatoms. The van der Waals surface area contributed by atoms with E-state index in [1.807, 2.05) is 0 Å². The zero-order valence-corrected chi connectivity index (χ0v) is 39.9. The van der Waals surface area contributed by atoms with E-state index in [0.29, 0.717) is 0 Å². The molecule has 0 unspecified atom stereocenters. The van der Waals surface area contributed by atoms with Crippen molar-refractivity contribution in [3.05, 3.63) is 254 Å². The van der Waals surface area contributed by atoms with Gasteiger partial charge in [-0.15, -0.1) is 0 Å². The second kappa shape index (κ2) is 15.6. The molecule has 4 nitrogen and oxygen atoms in total. The van der Waals surface area contributed by atoms with Gasteiger partial charge in [-0.25, -0.2) is 0 Å². The molecule has 0 amide bonds. The number of rotatable bonds is 8. The van der Waals surface area contributed by atoms with Crippen LogP contribution in [0.25, 0.3) is 98.4 Å². The molecule has 15 aromatic rings. The van der Waals surface area contributed by atoms with Gasteiger partial charge in [0, 0.05) is 77.0 Å². The van der Waals surface area contributed by atoms with Gasteiger partial charge in [0.2, 0.25) is 0 Å². The molecular formula is C68H46N4. The number of nitrogens with zero attached hydrogens (tertiary/aromatic N) is 4. The van der Waals surface area contributed by atoms with Gasteiger partial charge >= 0.3 is 0 Å². The van der Waals surface area contributed by atoms with Crippen molar-refractivity contribution in [1.29, 1.82) is 0 Å². The summed E-state index contributed by atoms with van der Waals surface area (Å²) in [5.41, 5.74) is 21.4. The lowest BCUT2D eigenvalue weighted by Gasteiger charge is -2.27. The Hall–Kier alpha value is -9.38. The van der Waals surface area contributed by atoms with Gasteiger partial charge in [0.05, 0.1) is 44.5 Å². The first-order valence-corrected chi connectivity index (χ1v) is 24.9. The highest BCUT2D eigenvalue weighted by molar-refractivity contribution is 6.39. The first-order chi connectivity index (χ1) is 35.6. The SMILES string of the molecule is Cc1cccc(N(c2ccccc2)c2cccc3c2c2cccc4c5c(-c6ccccc6)c6c(c(-c7ccccc7)c5n3c24)c2cccc3c4c(N(c5ccccc5)c5cccc(C)c5)cccc4n6c32)c1. The maximum absolute atomic E-state index is 2.62. The molecule has 0 aliphatic rings. The molecule has 0 spiro atoms. The van der Waals surface area contributed by atoms with E-state index in [9.17, 15) is 0 Å². The quantitative estimate of drug-likeness (QED) is 0.151. The average Bonchev–Trinajstić information content (AvgIpc) is 4.17. The highest BCUT2D eigenvalue weighted by atomic mass is 15.2. The van der Waals surface area contributed by atoms with Gasteiger partial charge in [-0.05, 0) is 109 Å². The highest BCUT2D eigenvalue weighted by Gasteiger charge is 2.32. The summed E-state index contributed by atoms with van der Waals surface area (Å²) < 4.78 is 5.24. The standard InChI is InChI=1S/C68H46N4/c1-43-21-15-31-49(41-43)69(47-27-11-5-12-28-47)55-37-19-39-57-61(55)51-33-17-35-53-63-60(46-25-9-4-10-26-46)68-64(59(45-23-7-3-8-24-45)67(63)71(57)65(51)53)54-36-18-34-52-62-56(38-20-40-58(62)72(68)66(52)54)70(48-29-13-6-14-30-48)50-32-16-22-44(2)42-50/h3-42H,1-2H3. The zero-order chi connectivity index (χ0) is 47.6. The minimum Gasteiger partial charge on any atom is -0.310 e. The zero-order valence-electron chi connectivity index (χ0n) is 39.9. The average molecular weight is 919 g/mol. The minimum atomic E-state index is 1.12. The molecular weight excluding hydrogens is 873 g/mol. The van der Waals surface area contributed by atoms with E-state index < -0.39 is 0 Å². The number of hydrogen-bond acceptors (Lipinski definition) is 2. The van der Waals surface area contributed by atoms with Crippen LogP contribution in [0.5, 0.6) is 0 Å². The van der Waals surface area contributed by atoms with Crippen LogP contribution in [0.1, 0.15) is 11.1 Å². The van der Waals surface area contributed by atoms with Gasteiger partial charge in [0.1, 0.15) is 0 Å². The van der Waals surface area contributed by atoms with Crippen LogP contribution in [0, 0.1) is 13.8 Å². The lowest BCUT2D eigenvalue weighted by Crippen LogP contribution is -2.10. The fraction of sp³-hybridized carbons (Fsp3) is 0.0294. The Morgan fingerprint density at radius 1 is 0.278 bits per heavy atom. The van der Waals surface area contributed by atoms with Crippen molar-refractivity contribution >= 4 is 110 Å². The van der Waals surface area contributed by atoms with Crippen LogP contribution in [-0.2, 0) is 0 Å². The summed E-state index contributed by atoms with van der Waals surface area (Å²) in [5.74, 6) is 0. The minimum absolute atomic E-state index is 1.12. The van der Waals surface area contributed by atoms with Crippen LogP contribution in [0.4, 0.5) is 34.1 Å². The third-order valence-corrected chi connectivity index (χ3v) is 15.2. The Labute approximate surface area is 416 Å². The summed E-state index contributed by atoms with van der Waals surface area (Å²) in [6.45, 7) is 4.36. The van der Waals surface area contributed by atoms with E-state index in [4.69, 9.17) is 0 Å². The van der Waals surface area contributed by atoms with Crippen molar-refractivity contribution in [3.63, 3.8) is 0 Å². The van der Waals surface area contributed by atoms with E-state index in [1.54, 1.807) is 0 Å². The smallest absolute Gasteiger partial charge is 0.0634 e. The van der Waals surface area contributed by atoms with Gasteiger partial charge in [0.15, 0.2) is 0 Å². The Kier molecular flexibility index (Phi) is 8.75. The number of hydrogen-bond donors (Lipinski definition) is 0. The number of para-hydroxylation sites is 4. The first kappa shape index (κ1) is 40.5. The second-order valence-corrected chi connectivity index (χ2v) is 19.4. The van der Waals surface area contributed by atoms with E-state index in [0.717, 1.165) is 34.1 Å². The summed E-state index contributed by atoms with van der Waals surface area (Å²) in [6.07, 6.45) is 0. The molecule has 338 valence electrons. The Morgan fingerprint density at radius 3 is 1.00 bits per heavy atom. The van der Waals surface area contributed by atoms with Crippen molar-refractivity contribution in [1.82, 2.24) is 8.80 Å². The third-order valence-electron chi connectivity index (χ3n) is 15.2. The fourth-order valence-electron chi connectivity index (χ4n) is 12.4. The number of aryl methyl sites for hydroxylation is 2. The molecule has 0 atom stereocenters. The third kappa shape index (κ3) is 5.69. The fourth-order valence-corrected chi connectivity index (χ4v) is 12.4. The first-order valence-electron chi connectivity index (χ1n) is 24.9. The van der Waals surface area contributed by atoms with Gasteiger partial charge < -0.3 is 18.6 Å². The number of benzene rings is 11. The number of aromatic nitrogens is 2. The van der Waals surface area contributed by atoms with Crippen LogP contribution >= 0.6 is 0 Å². The number of anilines is 6. The van der Waals surface area contributed by atoms with E-state index in [1.165, 1.54) is 110 Å². The largest absolute Gasteiger partial charge is 0.310 e. The Morgan fingerprint density at radius 2 is 0.611 bits per heavy atom. The molecule has 11 aromatic carbocycles. The number of fused-ring (bicyclic) bond motifs is 12. The van der Waals surface area contributed by atoms with Crippen LogP contribution in [0.15, 0.2) is 243 Å². The second-order valence-electron chi connectivity index (χ2n) is 19.4. The molecule has 0 N–H and O–H groups in total. The molecule has 4 heterocycles. The van der Waals surface area contributed by atoms with Crippen molar-refractivity contribution in [2.45, 2.75) is 13.8 Å². The van der Waals surface area contributed by atoms with Crippen LogP contribution in [0.3, 0.4) is 0 Å². The monoisotopic (exact) mass is 918 g/mol. The topological polar surface area (TPSA) is 15.3 Å². The molecule has 0 radical (unpaired) electrons. The molecule has 0 saturated heterocycles. The van der Waals surface area contributed by atoms with E-state index in [2.05, 4.69) is 275 Å². The van der Waals surface area contributed by atoms with E-state index >= 15 is 0 Å². The predicted octanol–water partition coefficient (Wildman–Crippen LogP) is 18.9. The van der Waals surface area contributed by atoms with Gasteiger partial charge in [-0.3, -0.25) is 0 Å². The molecule has 0 aliphatic heterocycles. The predicted molar refractivity (Wildman–Crippen MR) is 305 cm³/mol. The van der Waals surface area contributed by atoms with Crippen molar-refractivity contribution in [2.24, 2.45) is 0 Å². The molecule has 0 bridgehead atoms. The van der Waals surface area contributed by atoms with E-state index in [-0.39, 0.29) is 0 Å². The summed E-state index contributed by atoms with van der Waals surface area (Å²) in [6, 6.07) is 89.5. The van der Waals surface area contributed by atoms with Crippen LogP contribution in [-0.4, -0.2) is 8.80 Å². The summed E-state index contributed by atoms with van der Waals surface area (Å²) in [5, 5.41) is 9.93. The normalized spacial score (nSPS) is 12.0. The maximum Gasteiger partial charge on any atom is 0.0634 e. The maximum atomic E-state index is 2.62. The Balaban J connectivity index is 1.15. The molecule has 0 fully saturated rings. The van der Waals surface area contributed by atoms with Crippen LogP contribution < -0.4 is 9.80 Å². The van der Waals surface area contributed by atoms with Gasteiger partial charge in [-0.2, -0.15) is 0 Å². The lowest BCUT2D eigenvalue weighted by atomic mass is 9.89. The van der Waals surface area contributed by atoms with Gasteiger partial charge in [-0.1, -0.05) is 170 Å². The molecule has 72 heavy (non-hydrogen) atoms. The summed E-state index contributed by atoms with van der Waals surface area (Å²) >= 11 is 0. The van der Waals surface area contributed by atoms with Crippen LogP contribution in [0.2, 0.25) is 0 Å². The Bertz CT molecular complexity index is 4280. The lowest BCUT2D eigenvalue weighted by molar-refractivity contribution is 1.28. The molecule has 0 saturated carbocycles. The summed E-state index contributed by atoms with van der Waals surface area (Å²) in [7, 11) is 0. The molecule has 0 aliphatic carbocycles.